The summed E-state index contributed by atoms with van der Waals surface area (Å²) in [6, 6.07) is 0. The molecule has 0 spiro atoms. The average Bonchev–Trinajstić information content (AvgIpc) is 2.35. The molecule has 1 fully saturated rings. The predicted octanol–water partition coefficient (Wildman–Crippen LogP) is 1.46. The van der Waals surface area contributed by atoms with Crippen molar-refractivity contribution in [3.05, 3.63) is 0 Å². The van der Waals surface area contributed by atoms with Gasteiger partial charge >= 0.3 is 0 Å². The van der Waals surface area contributed by atoms with Crippen LogP contribution >= 0.6 is 0 Å². The first-order valence-electron chi connectivity index (χ1n) is 6.25. The number of amides is 1. The van der Waals surface area contributed by atoms with Crippen LogP contribution in [-0.2, 0) is 4.79 Å². The highest BCUT2D eigenvalue weighted by molar-refractivity contribution is 5.85. The van der Waals surface area contributed by atoms with Gasteiger partial charge in [-0.2, -0.15) is 0 Å². The Kier molecular flexibility index (Phi) is 4.78. The van der Waals surface area contributed by atoms with E-state index < -0.39 is 0 Å². The molecular formula is C12H23N3O2. The first-order valence-corrected chi connectivity index (χ1v) is 6.25. The van der Waals surface area contributed by atoms with Crippen molar-refractivity contribution in [1.82, 2.24) is 5.32 Å². The van der Waals surface area contributed by atoms with Crippen molar-refractivity contribution in [2.45, 2.75) is 46.0 Å². The van der Waals surface area contributed by atoms with Crippen molar-refractivity contribution in [1.29, 1.82) is 0 Å². The smallest absolute Gasteiger partial charge is 0.225 e. The number of carbonyl (C=O) groups is 1. The molecule has 98 valence electrons. The van der Waals surface area contributed by atoms with Crippen molar-refractivity contribution < 1.29 is 10.0 Å². The minimum atomic E-state index is -0.233. The van der Waals surface area contributed by atoms with Crippen molar-refractivity contribution in [2.75, 3.05) is 6.54 Å². The second kappa shape index (κ2) is 5.89. The fourth-order valence-electron chi connectivity index (χ4n) is 2.22. The molecule has 17 heavy (non-hydrogen) atoms. The highest BCUT2D eigenvalue weighted by Gasteiger charge is 2.34. The summed E-state index contributed by atoms with van der Waals surface area (Å²) < 4.78 is 0. The monoisotopic (exact) mass is 241 g/mol. The van der Waals surface area contributed by atoms with E-state index in [-0.39, 0.29) is 23.1 Å². The summed E-state index contributed by atoms with van der Waals surface area (Å²) in [5.41, 5.74) is 5.23. The summed E-state index contributed by atoms with van der Waals surface area (Å²) in [7, 11) is 0. The van der Waals surface area contributed by atoms with E-state index in [0.717, 1.165) is 25.7 Å². The van der Waals surface area contributed by atoms with Crippen LogP contribution in [0.2, 0.25) is 0 Å². The molecule has 1 amide bonds. The quantitative estimate of drug-likeness (QED) is 0.301. The highest BCUT2D eigenvalue weighted by Crippen LogP contribution is 2.35. The summed E-state index contributed by atoms with van der Waals surface area (Å²) in [5, 5.41) is 14.4. The molecule has 1 aliphatic rings. The maximum atomic E-state index is 12.1. The van der Waals surface area contributed by atoms with E-state index in [0.29, 0.717) is 6.54 Å². The molecule has 0 bridgehead atoms. The van der Waals surface area contributed by atoms with Crippen molar-refractivity contribution in [3.8, 4) is 0 Å². The molecular weight excluding hydrogens is 218 g/mol. The van der Waals surface area contributed by atoms with Crippen LogP contribution in [0.1, 0.15) is 46.0 Å². The molecule has 5 nitrogen and oxygen atoms in total. The van der Waals surface area contributed by atoms with Gasteiger partial charge in [0.25, 0.3) is 0 Å². The SMILES string of the molecule is CC(CNC(=O)C1(C)CCCCC1)C(N)=NO. The largest absolute Gasteiger partial charge is 0.409 e. The van der Waals surface area contributed by atoms with E-state index in [1.807, 2.05) is 13.8 Å². The van der Waals surface area contributed by atoms with Gasteiger partial charge in [0.05, 0.1) is 0 Å². The van der Waals surface area contributed by atoms with Crippen molar-refractivity contribution >= 4 is 11.7 Å². The molecule has 0 saturated heterocycles. The fraction of sp³-hybridized carbons (Fsp3) is 0.833. The molecule has 1 rings (SSSR count). The Hall–Kier alpha value is -1.26. The van der Waals surface area contributed by atoms with Gasteiger partial charge in [0.1, 0.15) is 5.84 Å². The van der Waals surface area contributed by atoms with E-state index in [2.05, 4.69) is 10.5 Å². The van der Waals surface area contributed by atoms with Gasteiger partial charge in [0.2, 0.25) is 5.91 Å². The Morgan fingerprint density at radius 2 is 2.06 bits per heavy atom. The minimum Gasteiger partial charge on any atom is -0.409 e. The molecule has 0 aliphatic heterocycles. The van der Waals surface area contributed by atoms with Gasteiger partial charge in [-0.15, -0.1) is 0 Å². The predicted molar refractivity (Wildman–Crippen MR) is 66.8 cm³/mol. The van der Waals surface area contributed by atoms with Crippen LogP contribution in [0.3, 0.4) is 0 Å². The van der Waals surface area contributed by atoms with Gasteiger partial charge in [-0.25, -0.2) is 0 Å². The number of nitrogens with one attached hydrogen (secondary N) is 1. The lowest BCUT2D eigenvalue weighted by molar-refractivity contribution is -0.131. The fourth-order valence-corrected chi connectivity index (χ4v) is 2.22. The lowest BCUT2D eigenvalue weighted by Crippen LogP contribution is -2.43. The van der Waals surface area contributed by atoms with E-state index in [1.54, 1.807) is 0 Å². The van der Waals surface area contributed by atoms with E-state index in [1.165, 1.54) is 6.42 Å². The highest BCUT2D eigenvalue weighted by atomic mass is 16.4. The van der Waals surface area contributed by atoms with E-state index >= 15 is 0 Å². The molecule has 0 aromatic heterocycles. The lowest BCUT2D eigenvalue weighted by Gasteiger charge is -2.32. The van der Waals surface area contributed by atoms with Gasteiger partial charge in [0.15, 0.2) is 0 Å². The molecule has 5 heteroatoms. The van der Waals surface area contributed by atoms with Gasteiger partial charge in [-0.1, -0.05) is 38.3 Å². The summed E-state index contributed by atoms with van der Waals surface area (Å²) in [5.74, 6) is 0.102. The van der Waals surface area contributed by atoms with Crippen LogP contribution in [0.5, 0.6) is 0 Å². The number of nitrogens with two attached hydrogens (primary N) is 1. The first kappa shape index (κ1) is 13.8. The van der Waals surface area contributed by atoms with Crippen LogP contribution < -0.4 is 11.1 Å². The zero-order valence-electron chi connectivity index (χ0n) is 10.7. The number of carbonyl (C=O) groups excluding carboxylic acids is 1. The molecule has 0 radical (unpaired) electrons. The Morgan fingerprint density at radius 1 is 1.47 bits per heavy atom. The number of hydrogen-bond acceptors (Lipinski definition) is 3. The third-order valence-electron chi connectivity index (χ3n) is 3.69. The Balaban J connectivity index is 2.43. The van der Waals surface area contributed by atoms with Crippen LogP contribution in [0.25, 0.3) is 0 Å². The van der Waals surface area contributed by atoms with Gasteiger partial charge < -0.3 is 16.3 Å². The van der Waals surface area contributed by atoms with Gasteiger partial charge in [-0.3, -0.25) is 4.79 Å². The standard InChI is InChI=1S/C12H23N3O2/c1-9(10(13)15-17)8-14-11(16)12(2)6-4-3-5-7-12/h9,17H,3-8H2,1-2H3,(H2,13,15)(H,14,16). The second-order valence-corrected chi connectivity index (χ2v) is 5.26. The molecule has 1 unspecified atom stereocenters. The van der Waals surface area contributed by atoms with E-state index in [4.69, 9.17) is 10.9 Å². The summed E-state index contributed by atoms with van der Waals surface area (Å²) in [6.07, 6.45) is 5.39. The molecule has 0 aromatic carbocycles. The van der Waals surface area contributed by atoms with Crippen LogP contribution in [0, 0.1) is 11.3 Å². The number of oxime groups is 1. The number of amidine groups is 1. The molecule has 1 saturated carbocycles. The van der Waals surface area contributed by atoms with Gasteiger partial charge in [0, 0.05) is 17.9 Å². The van der Waals surface area contributed by atoms with Crippen molar-refractivity contribution in [3.63, 3.8) is 0 Å². The summed E-state index contributed by atoms with van der Waals surface area (Å²) in [4.78, 5) is 12.1. The Bertz CT molecular complexity index is 296. The zero-order chi connectivity index (χ0) is 12.9. The molecule has 1 aliphatic carbocycles. The Morgan fingerprint density at radius 3 is 2.59 bits per heavy atom. The second-order valence-electron chi connectivity index (χ2n) is 5.26. The molecule has 0 heterocycles. The minimum absolute atomic E-state index is 0.0924. The maximum Gasteiger partial charge on any atom is 0.225 e. The lowest BCUT2D eigenvalue weighted by atomic mass is 9.75. The molecule has 4 N–H and O–H groups in total. The third-order valence-corrected chi connectivity index (χ3v) is 3.69. The maximum absolute atomic E-state index is 12.1. The average molecular weight is 241 g/mol. The summed E-state index contributed by atoms with van der Waals surface area (Å²) >= 11 is 0. The van der Waals surface area contributed by atoms with E-state index in [9.17, 15) is 4.79 Å². The van der Waals surface area contributed by atoms with Crippen LogP contribution in [0.15, 0.2) is 5.16 Å². The topological polar surface area (TPSA) is 87.7 Å². The number of nitrogens with zero attached hydrogens (tertiary/aromatic N) is 1. The zero-order valence-corrected chi connectivity index (χ0v) is 10.7. The van der Waals surface area contributed by atoms with Crippen molar-refractivity contribution in [2.24, 2.45) is 22.2 Å². The number of hydrogen-bond donors (Lipinski definition) is 3. The van der Waals surface area contributed by atoms with Crippen LogP contribution in [-0.4, -0.2) is 23.5 Å². The van der Waals surface area contributed by atoms with Gasteiger partial charge in [-0.05, 0) is 12.8 Å². The number of rotatable bonds is 4. The third kappa shape index (κ3) is 3.61. The first-order chi connectivity index (χ1) is 7.99. The molecule has 1 atom stereocenters. The summed E-state index contributed by atoms with van der Waals surface area (Å²) in [6.45, 7) is 4.26. The van der Waals surface area contributed by atoms with Crippen LogP contribution in [0.4, 0.5) is 0 Å². The normalized spacial score (nSPS) is 21.9. The Labute approximate surface area is 102 Å². The molecule has 0 aromatic rings.